The maximum atomic E-state index is 13.8. The maximum Gasteiger partial charge on any atom is 0.278 e. The number of hydrogen-bond acceptors (Lipinski definition) is 5. The van der Waals surface area contributed by atoms with Crippen LogP contribution in [0, 0.1) is 5.82 Å². The Morgan fingerprint density at radius 3 is 3.04 bits per heavy atom. The number of aromatic nitrogens is 3. The molecule has 1 aliphatic carbocycles. The van der Waals surface area contributed by atoms with Gasteiger partial charge in [0, 0.05) is 18.2 Å². The molecule has 0 spiro atoms. The summed E-state index contributed by atoms with van der Waals surface area (Å²) in [6, 6.07) is 4.74. The minimum Gasteiger partial charge on any atom is -0.494 e. The van der Waals surface area contributed by atoms with E-state index in [0.717, 1.165) is 42.6 Å². The molecule has 0 aliphatic heterocycles. The largest absolute Gasteiger partial charge is 0.494 e. The summed E-state index contributed by atoms with van der Waals surface area (Å²) in [4.78, 5) is 12.5. The third kappa shape index (κ3) is 3.55. The lowest BCUT2D eigenvalue weighted by atomic mass is 9.96. The maximum absolute atomic E-state index is 13.8. The van der Waals surface area contributed by atoms with Crippen LogP contribution in [0.4, 0.5) is 10.1 Å². The van der Waals surface area contributed by atoms with Gasteiger partial charge in [-0.2, -0.15) is 5.10 Å². The summed E-state index contributed by atoms with van der Waals surface area (Å²) in [6.07, 6.45) is 6.96. The Morgan fingerprint density at radius 1 is 1.37 bits per heavy atom. The zero-order valence-electron chi connectivity index (χ0n) is 14.9. The Morgan fingerprint density at radius 2 is 2.22 bits per heavy atom. The van der Waals surface area contributed by atoms with Crippen molar-refractivity contribution in [2.75, 3.05) is 12.4 Å². The van der Waals surface area contributed by atoms with Crippen molar-refractivity contribution in [3.05, 3.63) is 59.0 Å². The molecule has 7 nitrogen and oxygen atoms in total. The molecule has 0 atom stereocenters. The van der Waals surface area contributed by atoms with Crippen LogP contribution in [0.3, 0.4) is 0 Å². The second kappa shape index (κ2) is 7.22. The monoisotopic (exact) mass is 370 g/mol. The highest BCUT2D eigenvalue weighted by Crippen LogP contribution is 2.25. The molecule has 27 heavy (non-hydrogen) atoms. The fourth-order valence-electron chi connectivity index (χ4n) is 3.26. The Balaban J connectivity index is 1.44. The molecular weight excluding hydrogens is 351 g/mol. The van der Waals surface area contributed by atoms with Crippen LogP contribution >= 0.6 is 0 Å². The van der Waals surface area contributed by atoms with Gasteiger partial charge in [-0.15, -0.1) is 0 Å². The number of methoxy groups -OCH3 is 1. The predicted octanol–water partition coefficient (Wildman–Crippen LogP) is 3.20. The summed E-state index contributed by atoms with van der Waals surface area (Å²) in [5, 5.41) is 10.9. The standard InChI is InChI=1S/C19H19FN4O3/c1-26-17-7-6-12(8-15(17)20)10-24-11-13(9-21-24)22-19(25)18-14-4-2-3-5-16(14)27-23-18/h6-9,11H,2-5,10H2,1H3,(H,22,25). The SMILES string of the molecule is COc1ccc(Cn2cc(NC(=O)c3noc4c3CCCC4)cn2)cc1F. The molecule has 2 heterocycles. The second-order valence-electron chi connectivity index (χ2n) is 6.49. The van der Waals surface area contributed by atoms with E-state index in [1.54, 1.807) is 29.2 Å². The van der Waals surface area contributed by atoms with Gasteiger partial charge in [0.2, 0.25) is 0 Å². The lowest BCUT2D eigenvalue weighted by Gasteiger charge is -2.08. The highest BCUT2D eigenvalue weighted by atomic mass is 19.1. The second-order valence-corrected chi connectivity index (χ2v) is 6.49. The number of anilines is 1. The van der Waals surface area contributed by atoms with Gasteiger partial charge >= 0.3 is 0 Å². The van der Waals surface area contributed by atoms with Crippen molar-refractivity contribution in [2.45, 2.75) is 32.2 Å². The van der Waals surface area contributed by atoms with Crippen LogP contribution in [0.5, 0.6) is 5.75 Å². The summed E-state index contributed by atoms with van der Waals surface area (Å²) in [5.74, 6) is 0.273. The first-order valence-electron chi connectivity index (χ1n) is 8.77. The smallest absolute Gasteiger partial charge is 0.278 e. The molecule has 0 radical (unpaired) electrons. The third-order valence-electron chi connectivity index (χ3n) is 4.62. The first-order chi connectivity index (χ1) is 13.1. The van der Waals surface area contributed by atoms with Crippen molar-refractivity contribution < 1.29 is 18.4 Å². The lowest BCUT2D eigenvalue weighted by Crippen LogP contribution is -2.15. The Labute approximate surface area is 155 Å². The number of carbonyl (C=O) groups is 1. The predicted molar refractivity (Wildman–Crippen MR) is 95.4 cm³/mol. The van der Waals surface area contributed by atoms with Crippen molar-refractivity contribution >= 4 is 11.6 Å². The topological polar surface area (TPSA) is 82.2 Å². The zero-order valence-corrected chi connectivity index (χ0v) is 14.9. The van der Waals surface area contributed by atoms with E-state index < -0.39 is 5.82 Å². The summed E-state index contributed by atoms with van der Waals surface area (Å²) < 4.78 is 25.6. The van der Waals surface area contributed by atoms with Gasteiger partial charge in [0.1, 0.15) is 5.76 Å². The molecule has 1 amide bonds. The van der Waals surface area contributed by atoms with Gasteiger partial charge in [-0.1, -0.05) is 11.2 Å². The molecule has 0 saturated carbocycles. The molecule has 1 aliphatic rings. The molecule has 1 aromatic carbocycles. The van der Waals surface area contributed by atoms with Crippen LogP contribution in [0.1, 0.15) is 40.2 Å². The molecule has 1 N–H and O–H groups in total. The molecule has 4 rings (SSSR count). The normalized spacial score (nSPS) is 13.3. The average Bonchev–Trinajstić information content (AvgIpc) is 3.28. The van der Waals surface area contributed by atoms with E-state index in [1.807, 2.05) is 0 Å². The van der Waals surface area contributed by atoms with Gasteiger partial charge in [0.25, 0.3) is 5.91 Å². The number of ether oxygens (including phenoxy) is 1. The van der Waals surface area contributed by atoms with E-state index >= 15 is 0 Å². The molecule has 0 unspecified atom stereocenters. The molecule has 0 fully saturated rings. The highest BCUT2D eigenvalue weighted by Gasteiger charge is 2.24. The Hall–Kier alpha value is -3.16. The minimum atomic E-state index is -0.425. The molecule has 0 saturated heterocycles. The number of nitrogens with zero attached hydrogens (tertiary/aromatic N) is 3. The van der Waals surface area contributed by atoms with E-state index in [-0.39, 0.29) is 11.7 Å². The quantitative estimate of drug-likeness (QED) is 0.746. The van der Waals surface area contributed by atoms with Crippen LogP contribution in [0.15, 0.2) is 35.1 Å². The highest BCUT2D eigenvalue weighted by molar-refractivity contribution is 6.03. The number of rotatable bonds is 5. The van der Waals surface area contributed by atoms with Gasteiger partial charge < -0.3 is 14.6 Å². The van der Waals surface area contributed by atoms with Crippen molar-refractivity contribution in [3.8, 4) is 5.75 Å². The van der Waals surface area contributed by atoms with Crippen LogP contribution < -0.4 is 10.1 Å². The van der Waals surface area contributed by atoms with Gasteiger partial charge in [-0.3, -0.25) is 9.48 Å². The summed E-state index contributed by atoms with van der Waals surface area (Å²) >= 11 is 0. The van der Waals surface area contributed by atoms with Crippen LogP contribution in [0.2, 0.25) is 0 Å². The number of carbonyl (C=O) groups excluding carboxylic acids is 1. The first kappa shape index (κ1) is 17.3. The van der Waals surface area contributed by atoms with E-state index in [2.05, 4.69) is 15.6 Å². The molecular formula is C19H19FN4O3. The van der Waals surface area contributed by atoms with E-state index in [0.29, 0.717) is 17.9 Å². The number of halogens is 1. The molecule has 2 aromatic heterocycles. The van der Waals surface area contributed by atoms with Gasteiger partial charge in [-0.05, 0) is 37.0 Å². The summed E-state index contributed by atoms with van der Waals surface area (Å²) in [6.45, 7) is 0.371. The summed E-state index contributed by atoms with van der Waals surface area (Å²) in [5.41, 5.74) is 2.52. The van der Waals surface area contributed by atoms with Crippen LogP contribution in [0.25, 0.3) is 0 Å². The van der Waals surface area contributed by atoms with Crippen molar-refractivity contribution in [2.24, 2.45) is 0 Å². The molecule has 140 valence electrons. The minimum absolute atomic E-state index is 0.197. The molecule has 0 bridgehead atoms. The molecule has 3 aromatic rings. The Bertz CT molecular complexity index is 979. The lowest BCUT2D eigenvalue weighted by molar-refractivity contribution is 0.101. The zero-order chi connectivity index (χ0) is 18.8. The van der Waals surface area contributed by atoms with Gasteiger partial charge in [0.05, 0.1) is 25.5 Å². The number of fused-ring (bicyclic) bond motifs is 1. The van der Waals surface area contributed by atoms with Crippen LogP contribution in [-0.4, -0.2) is 28.0 Å². The van der Waals surface area contributed by atoms with Gasteiger partial charge in [-0.25, -0.2) is 4.39 Å². The average molecular weight is 370 g/mol. The van der Waals surface area contributed by atoms with Crippen LogP contribution in [-0.2, 0) is 19.4 Å². The van der Waals surface area contributed by atoms with E-state index in [4.69, 9.17) is 9.26 Å². The number of nitrogens with one attached hydrogen (secondary N) is 1. The fraction of sp³-hybridized carbons (Fsp3) is 0.316. The number of aryl methyl sites for hydroxylation is 1. The van der Waals surface area contributed by atoms with Crippen molar-refractivity contribution in [1.29, 1.82) is 0 Å². The number of benzene rings is 1. The third-order valence-corrected chi connectivity index (χ3v) is 4.62. The van der Waals surface area contributed by atoms with E-state index in [1.165, 1.54) is 13.2 Å². The fourth-order valence-corrected chi connectivity index (χ4v) is 3.26. The molecule has 8 heteroatoms. The van der Waals surface area contributed by atoms with Crippen molar-refractivity contribution in [3.63, 3.8) is 0 Å². The number of hydrogen-bond donors (Lipinski definition) is 1. The van der Waals surface area contributed by atoms with E-state index in [9.17, 15) is 9.18 Å². The Kier molecular flexibility index (Phi) is 4.62. The number of amides is 1. The first-order valence-corrected chi connectivity index (χ1v) is 8.77. The van der Waals surface area contributed by atoms with Crippen molar-refractivity contribution in [1.82, 2.24) is 14.9 Å². The summed E-state index contributed by atoms with van der Waals surface area (Å²) in [7, 11) is 1.42. The van der Waals surface area contributed by atoms with Gasteiger partial charge in [0.15, 0.2) is 17.3 Å².